The SMILES string of the molecule is Cc1ccc(C)c(-n2cnnc2SCC(=O)NCCc2cccc(Cl)c2)c1. The highest BCUT2D eigenvalue weighted by Crippen LogP contribution is 2.22. The Bertz CT molecular complexity index is 941. The zero-order valence-electron chi connectivity index (χ0n) is 15.3. The first-order valence-corrected chi connectivity index (χ1v) is 10.0. The van der Waals surface area contributed by atoms with Crippen molar-refractivity contribution in [3.8, 4) is 5.69 Å². The van der Waals surface area contributed by atoms with Crippen LogP contribution in [0.25, 0.3) is 5.69 Å². The van der Waals surface area contributed by atoms with Crippen LogP contribution in [0.1, 0.15) is 16.7 Å². The molecule has 7 heteroatoms. The third-order valence-corrected chi connectivity index (χ3v) is 5.28. The highest BCUT2D eigenvalue weighted by atomic mass is 35.5. The Balaban J connectivity index is 1.54. The molecule has 0 fully saturated rings. The molecule has 27 heavy (non-hydrogen) atoms. The number of aryl methyl sites for hydroxylation is 2. The van der Waals surface area contributed by atoms with Crippen molar-refractivity contribution in [3.63, 3.8) is 0 Å². The van der Waals surface area contributed by atoms with Crippen LogP contribution in [0.15, 0.2) is 53.9 Å². The Kier molecular flexibility index (Phi) is 6.53. The van der Waals surface area contributed by atoms with E-state index in [0.29, 0.717) is 22.5 Å². The van der Waals surface area contributed by atoms with Crippen LogP contribution in [0.2, 0.25) is 5.02 Å². The topological polar surface area (TPSA) is 59.8 Å². The maximum Gasteiger partial charge on any atom is 0.230 e. The van der Waals surface area contributed by atoms with E-state index < -0.39 is 0 Å². The number of nitrogens with zero attached hydrogens (tertiary/aromatic N) is 3. The predicted octanol–water partition coefficient (Wildman–Crippen LogP) is 3.99. The fourth-order valence-electron chi connectivity index (χ4n) is 2.69. The minimum absolute atomic E-state index is 0.0301. The summed E-state index contributed by atoms with van der Waals surface area (Å²) in [5.74, 6) is 0.261. The quantitative estimate of drug-likeness (QED) is 0.609. The molecule has 3 rings (SSSR count). The van der Waals surface area contributed by atoms with Crippen molar-refractivity contribution in [2.75, 3.05) is 12.3 Å². The van der Waals surface area contributed by atoms with Crippen molar-refractivity contribution >= 4 is 29.3 Å². The van der Waals surface area contributed by atoms with Crippen LogP contribution in [-0.2, 0) is 11.2 Å². The largest absolute Gasteiger partial charge is 0.355 e. The smallest absolute Gasteiger partial charge is 0.230 e. The number of hydrogen-bond acceptors (Lipinski definition) is 4. The van der Waals surface area contributed by atoms with E-state index in [0.717, 1.165) is 23.2 Å². The molecule has 2 aromatic carbocycles. The van der Waals surface area contributed by atoms with Crippen LogP contribution in [0.5, 0.6) is 0 Å². The van der Waals surface area contributed by atoms with Gasteiger partial charge in [0.05, 0.1) is 11.4 Å². The second-order valence-corrected chi connectivity index (χ2v) is 7.67. The maximum atomic E-state index is 12.1. The van der Waals surface area contributed by atoms with Gasteiger partial charge in [-0.1, -0.05) is 47.6 Å². The van der Waals surface area contributed by atoms with Gasteiger partial charge in [-0.2, -0.15) is 0 Å². The van der Waals surface area contributed by atoms with Gasteiger partial charge in [-0.15, -0.1) is 10.2 Å². The van der Waals surface area contributed by atoms with Crippen LogP contribution in [-0.4, -0.2) is 33.0 Å². The Morgan fingerprint density at radius 2 is 2.07 bits per heavy atom. The van der Waals surface area contributed by atoms with E-state index in [2.05, 4.69) is 33.7 Å². The van der Waals surface area contributed by atoms with E-state index in [1.807, 2.05) is 42.7 Å². The highest BCUT2D eigenvalue weighted by molar-refractivity contribution is 7.99. The van der Waals surface area contributed by atoms with Crippen LogP contribution < -0.4 is 5.32 Å². The minimum Gasteiger partial charge on any atom is -0.355 e. The molecule has 1 N–H and O–H groups in total. The Hall–Kier alpha value is -2.31. The van der Waals surface area contributed by atoms with Gasteiger partial charge in [-0.25, -0.2) is 0 Å². The lowest BCUT2D eigenvalue weighted by Gasteiger charge is -2.10. The summed E-state index contributed by atoms with van der Waals surface area (Å²) in [5.41, 5.74) is 4.43. The highest BCUT2D eigenvalue weighted by Gasteiger charge is 2.11. The number of carbonyl (C=O) groups is 1. The van der Waals surface area contributed by atoms with Crippen molar-refractivity contribution < 1.29 is 4.79 Å². The molecule has 140 valence electrons. The number of benzene rings is 2. The van der Waals surface area contributed by atoms with E-state index in [9.17, 15) is 4.79 Å². The van der Waals surface area contributed by atoms with Crippen LogP contribution in [0, 0.1) is 13.8 Å². The first-order chi connectivity index (χ1) is 13.0. The van der Waals surface area contributed by atoms with E-state index in [1.54, 1.807) is 6.33 Å². The van der Waals surface area contributed by atoms with Crippen molar-refractivity contribution in [3.05, 3.63) is 70.5 Å². The number of amides is 1. The molecule has 0 saturated carbocycles. The van der Waals surface area contributed by atoms with E-state index in [4.69, 9.17) is 11.6 Å². The fraction of sp³-hybridized carbons (Fsp3) is 0.250. The minimum atomic E-state index is -0.0301. The summed E-state index contributed by atoms with van der Waals surface area (Å²) in [6.45, 7) is 4.67. The van der Waals surface area contributed by atoms with Gasteiger partial charge < -0.3 is 5.32 Å². The Labute approximate surface area is 168 Å². The first kappa shape index (κ1) is 19.5. The van der Waals surface area contributed by atoms with Gasteiger partial charge in [0.15, 0.2) is 5.16 Å². The fourth-order valence-corrected chi connectivity index (χ4v) is 3.65. The maximum absolute atomic E-state index is 12.1. The number of hydrogen-bond donors (Lipinski definition) is 1. The first-order valence-electron chi connectivity index (χ1n) is 8.64. The lowest BCUT2D eigenvalue weighted by Crippen LogP contribution is -2.27. The summed E-state index contributed by atoms with van der Waals surface area (Å²) < 4.78 is 1.92. The number of halogens is 1. The Morgan fingerprint density at radius 3 is 2.89 bits per heavy atom. The molecule has 1 aromatic heterocycles. The summed E-state index contributed by atoms with van der Waals surface area (Å²) in [6, 6.07) is 13.9. The molecular formula is C20H21ClN4OS. The zero-order valence-corrected chi connectivity index (χ0v) is 16.8. The summed E-state index contributed by atoms with van der Waals surface area (Å²) in [5, 5.41) is 12.5. The van der Waals surface area contributed by atoms with Crippen molar-refractivity contribution in [2.45, 2.75) is 25.4 Å². The van der Waals surface area contributed by atoms with Gasteiger partial charge in [-0.05, 0) is 55.2 Å². The summed E-state index contributed by atoms with van der Waals surface area (Å²) in [7, 11) is 0. The lowest BCUT2D eigenvalue weighted by atomic mass is 10.1. The third kappa shape index (κ3) is 5.34. The second kappa shape index (κ2) is 9.06. The number of nitrogens with one attached hydrogen (secondary N) is 1. The number of aromatic nitrogens is 3. The molecular weight excluding hydrogens is 380 g/mol. The third-order valence-electron chi connectivity index (χ3n) is 4.10. The van der Waals surface area contributed by atoms with Crippen LogP contribution in [0.4, 0.5) is 0 Å². The molecule has 0 saturated heterocycles. The summed E-state index contributed by atoms with van der Waals surface area (Å²) in [6.07, 6.45) is 2.43. The lowest BCUT2D eigenvalue weighted by molar-refractivity contribution is -0.118. The van der Waals surface area contributed by atoms with Gasteiger partial charge >= 0.3 is 0 Å². The zero-order chi connectivity index (χ0) is 19.2. The van der Waals surface area contributed by atoms with Crippen molar-refractivity contribution in [1.29, 1.82) is 0 Å². The molecule has 1 heterocycles. The molecule has 0 atom stereocenters. The molecule has 0 bridgehead atoms. The molecule has 0 aliphatic rings. The van der Waals surface area contributed by atoms with E-state index in [1.165, 1.54) is 17.3 Å². The standard InChI is InChI=1S/C20H21ClN4OS/c1-14-6-7-15(2)18(10-14)25-13-23-24-20(25)27-12-19(26)22-9-8-16-4-3-5-17(21)11-16/h3-7,10-11,13H,8-9,12H2,1-2H3,(H,22,26). The molecule has 5 nitrogen and oxygen atoms in total. The molecule has 0 radical (unpaired) electrons. The van der Waals surface area contributed by atoms with Gasteiger partial charge in [-0.3, -0.25) is 9.36 Å². The van der Waals surface area contributed by atoms with Gasteiger partial charge in [0, 0.05) is 11.6 Å². The monoisotopic (exact) mass is 400 g/mol. The predicted molar refractivity (Wildman–Crippen MR) is 110 cm³/mol. The van der Waals surface area contributed by atoms with Crippen molar-refractivity contribution in [2.24, 2.45) is 0 Å². The molecule has 3 aromatic rings. The van der Waals surface area contributed by atoms with Gasteiger partial charge in [0.25, 0.3) is 0 Å². The van der Waals surface area contributed by atoms with Gasteiger partial charge in [0.2, 0.25) is 5.91 Å². The van der Waals surface area contributed by atoms with Crippen LogP contribution in [0.3, 0.4) is 0 Å². The molecule has 1 amide bonds. The van der Waals surface area contributed by atoms with E-state index >= 15 is 0 Å². The molecule has 0 unspecified atom stereocenters. The Morgan fingerprint density at radius 1 is 1.22 bits per heavy atom. The second-order valence-electron chi connectivity index (χ2n) is 6.29. The number of carbonyl (C=O) groups excluding carboxylic acids is 1. The van der Waals surface area contributed by atoms with Crippen molar-refractivity contribution in [1.82, 2.24) is 20.1 Å². The van der Waals surface area contributed by atoms with Gasteiger partial charge in [0.1, 0.15) is 6.33 Å². The molecule has 0 aliphatic carbocycles. The average molecular weight is 401 g/mol. The number of thioether (sulfide) groups is 1. The normalized spacial score (nSPS) is 10.8. The summed E-state index contributed by atoms with van der Waals surface area (Å²) in [4.78, 5) is 12.1. The van der Waals surface area contributed by atoms with E-state index in [-0.39, 0.29) is 5.91 Å². The number of rotatable bonds is 7. The summed E-state index contributed by atoms with van der Waals surface area (Å²) >= 11 is 7.35. The molecule has 0 spiro atoms. The average Bonchev–Trinajstić information content (AvgIpc) is 3.10. The van der Waals surface area contributed by atoms with Crippen LogP contribution >= 0.6 is 23.4 Å². The molecule has 0 aliphatic heterocycles.